The van der Waals surface area contributed by atoms with E-state index >= 15 is 0 Å². The van der Waals surface area contributed by atoms with Crippen LogP contribution in [0.4, 0.5) is 4.79 Å². The van der Waals surface area contributed by atoms with Crippen molar-refractivity contribution < 1.29 is 28.5 Å². The number of esters is 1. The van der Waals surface area contributed by atoms with Crippen molar-refractivity contribution in [3.63, 3.8) is 0 Å². The van der Waals surface area contributed by atoms with Crippen molar-refractivity contribution in [2.45, 2.75) is 66.1 Å². The number of carbonyl (C=O) groups is 2. The number of carbonyl (C=O) groups excluding carboxylic acids is 2. The van der Waals surface area contributed by atoms with Gasteiger partial charge in [-0.2, -0.15) is 0 Å². The molecule has 0 aliphatic carbocycles. The Labute approximate surface area is 187 Å². The van der Waals surface area contributed by atoms with Crippen LogP contribution in [0.3, 0.4) is 0 Å². The summed E-state index contributed by atoms with van der Waals surface area (Å²) >= 11 is 0. The number of rotatable bonds is 12. The Hall–Kier alpha value is -2.38. The van der Waals surface area contributed by atoms with E-state index in [0.717, 1.165) is 30.6 Å². The van der Waals surface area contributed by atoms with Gasteiger partial charge < -0.3 is 18.9 Å². The summed E-state index contributed by atoms with van der Waals surface area (Å²) in [5.74, 6) is -0.572. The highest BCUT2D eigenvalue weighted by atomic mass is 16.6. The first kappa shape index (κ1) is 28.6. The molecule has 1 atom stereocenters. The van der Waals surface area contributed by atoms with E-state index in [1.165, 1.54) is 13.5 Å². The lowest BCUT2D eigenvalue weighted by Crippen LogP contribution is -2.29. The molecule has 1 aromatic carbocycles. The molecule has 1 unspecified atom stereocenters. The minimum Gasteiger partial charge on any atom is -0.464 e. The minimum absolute atomic E-state index is 0.147. The van der Waals surface area contributed by atoms with Crippen LogP contribution in [-0.4, -0.2) is 45.6 Å². The summed E-state index contributed by atoms with van der Waals surface area (Å²) < 4.78 is 20.0. The topological polar surface area (TPSA) is 83.1 Å². The van der Waals surface area contributed by atoms with E-state index in [9.17, 15) is 9.59 Å². The maximum Gasteiger partial charge on any atom is 0.412 e. The van der Waals surface area contributed by atoms with Crippen LogP contribution < -0.4 is 5.32 Å². The molecule has 1 N–H and O–H groups in total. The van der Waals surface area contributed by atoms with Crippen molar-refractivity contribution >= 4 is 12.1 Å². The lowest BCUT2D eigenvalue weighted by Gasteiger charge is -2.12. The van der Waals surface area contributed by atoms with Gasteiger partial charge in [0.05, 0.1) is 26.4 Å². The molecule has 1 aromatic rings. The van der Waals surface area contributed by atoms with Crippen LogP contribution in [-0.2, 0) is 30.3 Å². The van der Waals surface area contributed by atoms with Crippen molar-refractivity contribution in [3.05, 3.63) is 47.2 Å². The first-order valence-corrected chi connectivity index (χ1v) is 10.8. The fraction of sp³-hybridized carbons (Fsp3) is 0.583. The van der Waals surface area contributed by atoms with Crippen molar-refractivity contribution in [2.75, 3.05) is 27.4 Å². The molecule has 0 radical (unpaired) electrons. The maximum atomic E-state index is 11.8. The van der Waals surface area contributed by atoms with Gasteiger partial charge >= 0.3 is 12.1 Å². The van der Waals surface area contributed by atoms with E-state index in [1.54, 1.807) is 14.0 Å². The van der Waals surface area contributed by atoms with Crippen LogP contribution in [0.25, 0.3) is 0 Å². The van der Waals surface area contributed by atoms with Gasteiger partial charge in [-0.1, -0.05) is 57.0 Å². The molecule has 7 nitrogen and oxygen atoms in total. The molecule has 31 heavy (non-hydrogen) atoms. The summed E-state index contributed by atoms with van der Waals surface area (Å²) in [6.07, 6.45) is 3.61. The Balaban J connectivity index is 0.000000759. The van der Waals surface area contributed by atoms with E-state index in [4.69, 9.17) is 14.2 Å². The second-order valence-corrected chi connectivity index (χ2v) is 7.05. The van der Waals surface area contributed by atoms with Gasteiger partial charge in [-0.25, -0.2) is 9.59 Å². The second-order valence-electron chi connectivity index (χ2n) is 7.05. The number of benzene rings is 1. The summed E-state index contributed by atoms with van der Waals surface area (Å²) in [6, 6.07) is 9.32. The second kappa shape index (κ2) is 18.4. The predicted octanol–water partition coefficient (Wildman–Crippen LogP) is 5.00. The van der Waals surface area contributed by atoms with Gasteiger partial charge in [-0.3, -0.25) is 5.32 Å². The highest BCUT2D eigenvalue weighted by Gasteiger charge is 2.17. The van der Waals surface area contributed by atoms with Crippen LogP contribution >= 0.6 is 0 Å². The fourth-order valence-corrected chi connectivity index (χ4v) is 2.62. The Morgan fingerprint density at radius 1 is 1.03 bits per heavy atom. The van der Waals surface area contributed by atoms with Gasteiger partial charge in [-0.05, 0) is 37.8 Å². The molecule has 1 rings (SSSR count). The molecule has 0 aromatic heterocycles. The summed E-state index contributed by atoms with van der Waals surface area (Å²) in [5, 5.41) is 2.47. The molecule has 7 heteroatoms. The first-order valence-electron chi connectivity index (χ1n) is 10.8. The molecule has 0 aliphatic heterocycles. The van der Waals surface area contributed by atoms with Crippen LogP contribution in [0.2, 0.25) is 0 Å². The highest BCUT2D eigenvalue weighted by molar-refractivity contribution is 5.92. The summed E-state index contributed by atoms with van der Waals surface area (Å²) in [7, 11) is 2.96. The Morgan fingerprint density at radius 2 is 1.71 bits per heavy atom. The Kier molecular flexibility index (Phi) is 17.0. The molecule has 0 saturated heterocycles. The first-order chi connectivity index (χ1) is 14.9. The number of amides is 1. The third-order valence-corrected chi connectivity index (χ3v) is 4.27. The molecule has 0 bridgehead atoms. The number of hydrogen-bond donors (Lipinski definition) is 1. The van der Waals surface area contributed by atoms with Gasteiger partial charge in [0.25, 0.3) is 0 Å². The van der Waals surface area contributed by atoms with Gasteiger partial charge in [0.15, 0.2) is 0 Å². The zero-order valence-electron chi connectivity index (χ0n) is 19.9. The zero-order valence-corrected chi connectivity index (χ0v) is 19.9. The molecule has 0 heterocycles. The summed E-state index contributed by atoms with van der Waals surface area (Å²) in [5.41, 5.74) is 1.79. The molecule has 0 saturated carbocycles. The average Bonchev–Trinajstić information content (AvgIpc) is 2.77. The van der Waals surface area contributed by atoms with Crippen molar-refractivity contribution in [2.24, 2.45) is 0 Å². The Morgan fingerprint density at radius 3 is 2.26 bits per heavy atom. The quantitative estimate of drug-likeness (QED) is 0.281. The number of methoxy groups -OCH3 is 2. The molecule has 176 valence electrons. The smallest absolute Gasteiger partial charge is 0.412 e. The molecule has 0 spiro atoms. The van der Waals surface area contributed by atoms with Crippen LogP contribution in [0.1, 0.15) is 58.9 Å². The van der Waals surface area contributed by atoms with Gasteiger partial charge in [-0.15, -0.1) is 0 Å². The van der Waals surface area contributed by atoms with E-state index in [1.807, 2.05) is 37.3 Å². The number of ether oxygens (including phenoxy) is 4. The van der Waals surface area contributed by atoms with Gasteiger partial charge in [0.2, 0.25) is 0 Å². The van der Waals surface area contributed by atoms with Crippen molar-refractivity contribution in [3.8, 4) is 0 Å². The third-order valence-electron chi connectivity index (χ3n) is 4.27. The van der Waals surface area contributed by atoms with Crippen molar-refractivity contribution in [1.29, 1.82) is 0 Å². The lowest BCUT2D eigenvalue weighted by atomic mass is 10.1. The normalized spacial score (nSPS) is 12.1. The average molecular weight is 438 g/mol. The van der Waals surface area contributed by atoms with E-state index in [-0.39, 0.29) is 12.3 Å². The van der Waals surface area contributed by atoms with E-state index < -0.39 is 12.1 Å². The van der Waals surface area contributed by atoms with Crippen LogP contribution in [0, 0.1) is 0 Å². The van der Waals surface area contributed by atoms with E-state index in [0.29, 0.717) is 19.1 Å². The fourth-order valence-electron chi connectivity index (χ4n) is 2.62. The number of alkyl carbamates (subject to hydrolysis) is 1. The summed E-state index contributed by atoms with van der Waals surface area (Å²) in [6.45, 7) is 9.61. The number of hydrogen-bond acceptors (Lipinski definition) is 6. The molecular formula is C24H39NO6. The van der Waals surface area contributed by atoms with Gasteiger partial charge in [0, 0.05) is 7.11 Å². The predicted molar refractivity (Wildman–Crippen MR) is 122 cm³/mol. The third kappa shape index (κ3) is 14.3. The van der Waals surface area contributed by atoms with Crippen LogP contribution in [0.15, 0.2) is 41.6 Å². The largest absolute Gasteiger partial charge is 0.464 e. The van der Waals surface area contributed by atoms with Gasteiger partial charge in [0.1, 0.15) is 12.3 Å². The Bertz CT molecular complexity index is 645. The highest BCUT2D eigenvalue weighted by Crippen LogP contribution is 2.10. The number of allylic oxidation sites excluding steroid dienone is 1. The molecule has 1 amide bonds. The molecule has 0 aliphatic rings. The van der Waals surface area contributed by atoms with Crippen LogP contribution in [0.5, 0.6) is 0 Å². The molecular weight excluding hydrogens is 398 g/mol. The maximum absolute atomic E-state index is 11.8. The SMILES string of the molecule is CCC/C(C)=C(/NC(=O)OCc1ccccc1)C(=O)OC.CCCC(C)OCCOC. The standard InChI is InChI=1S/C16H21NO4.C8H18O2/c1-4-8-12(2)14(15(18)20-3)17-16(19)21-11-13-9-6-5-7-10-13;1-4-5-8(2)10-7-6-9-3/h5-7,9-10H,4,8,11H2,1-3H3,(H,17,19);8H,4-7H2,1-3H3/b14-12+;. The number of nitrogens with one attached hydrogen (secondary N) is 1. The monoisotopic (exact) mass is 437 g/mol. The zero-order chi connectivity index (χ0) is 23.5. The minimum atomic E-state index is -0.672. The van der Waals surface area contributed by atoms with Crippen molar-refractivity contribution in [1.82, 2.24) is 5.32 Å². The lowest BCUT2D eigenvalue weighted by molar-refractivity contribution is -0.136. The van der Waals surface area contributed by atoms with E-state index in [2.05, 4.69) is 23.9 Å². The molecule has 0 fully saturated rings. The summed E-state index contributed by atoms with van der Waals surface area (Å²) in [4.78, 5) is 23.5.